The molecule has 0 fully saturated rings. The molecule has 0 radical (unpaired) electrons. The van der Waals surface area contributed by atoms with Gasteiger partial charge in [0.1, 0.15) is 11.3 Å². The maximum Gasteiger partial charge on any atom is 0.339 e. The van der Waals surface area contributed by atoms with Crippen LogP contribution in [0.1, 0.15) is 10.4 Å². The first-order valence-corrected chi connectivity index (χ1v) is 2.73. The zero-order chi connectivity index (χ0) is 7.56. The molecule has 2 N–H and O–H groups in total. The summed E-state index contributed by atoms with van der Waals surface area (Å²) in [5.41, 5.74) is -0.0671. The highest BCUT2D eigenvalue weighted by atomic mass is 79.9. The fraction of sp³-hybridized carbons (Fsp3) is 0. The van der Waals surface area contributed by atoms with Crippen LogP contribution in [0, 0.1) is 0 Å². The van der Waals surface area contributed by atoms with Crippen molar-refractivity contribution in [2.45, 2.75) is 0 Å². The van der Waals surface area contributed by atoms with E-state index in [1.807, 2.05) is 0 Å². The molecule has 0 saturated heterocycles. The van der Waals surface area contributed by atoms with E-state index in [1.165, 1.54) is 12.1 Å². The van der Waals surface area contributed by atoms with Gasteiger partial charge in [-0.25, -0.2) is 4.79 Å². The molecule has 0 bridgehead atoms. The second-order valence-electron chi connectivity index (χ2n) is 1.82. The molecule has 1 aromatic carbocycles. The summed E-state index contributed by atoms with van der Waals surface area (Å²) >= 11 is 0. The van der Waals surface area contributed by atoms with Crippen LogP contribution in [0.15, 0.2) is 24.3 Å². The second-order valence-corrected chi connectivity index (χ2v) is 1.82. The number of aromatic carboxylic acids is 1. The van der Waals surface area contributed by atoms with Crippen LogP contribution in [-0.2, 0) is 0 Å². The van der Waals surface area contributed by atoms with Gasteiger partial charge in [-0.15, -0.1) is 17.0 Å². The summed E-state index contributed by atoms with van der Waals surface area (Å²) in [7, 11) is 0. The van der Waals surface area contributed by atoms with Gasteiger partial charge in [-0.1, -0.05) is 12.1 Å². The van der Waals surface area contributed by atoms with Crippen molar-refractivity contribution in [2.24, 2.45) is 0 Å². The Morgan fingerprint density at radius 1 is 1.27 bits per heavy atom. The average molecular weight is 219 g/mol. The van der Waals surface area contributed by atoms with Crippen molar-refractivity contribution in [3.05, 3.63) is 29.8 Å². The van der Waals surface area contributed by atoms with E-state index >= 15 is 0 Å². The van der Waals surface area contributed by atoms with Crippen LogP contribution in [0.25, 0.3) is 0 Å². The van der Waals surface area contributed by atoms with Gasteiger partial charge < -0.3 is 10.2 Å². The summed E-state index contributed by atoms with van der Waals surface area (Å²) < 4.78 is 0. The summed E-state index contributed by atoms with van der Waals surface area (Å²) in [6.07, 6.45) is 0. The molecule has 0 unspecified atom stereocenters. The number of hydrogen-bond acceptors (Lipinski definition) is 2. The van der Waals surface area contributed by atoms with E-state index in [0.29, 0.717) is 0 Å². The lowest BCUT2D eigenvalue weighted by Gasteiger charge is -1.95. The number of carboxylic acid groups (broad SMARTS) is 1. The van der Waals surface area contributed by atoms with Gasteiger partial charge in [0, 0.05) is 0 Å². The average Bonchev–Trinajstić information content (AvgIpc) is 1.88. The minimum absolute atomic E-state index is 0. The Morgan fingerprint density at radius 3 is 2.18 bits per heavy atom. The van der Waals surface area contributed by atoms with Crippen LogP contribution in [0.3, 0.4) is 0 Å². The predicted octanol–water partition coefficient (Wildman–Crippen LogP) is 1.67. The number of rotatable bonds is 1. The number of carbonyl (C=O) groups is 1. The summed E-state index contributed by atoms with van der Waals surface area (Å²) in [5.74, 6) is -1.31. The molecule has 1 rings (SSSR count). The van der Waals surface area contributed by atoms with Crippen molar-refractivity contribution in [1.82, 2.24) is 0 Å². The van der Waals surface area contributed by atoms with Crippen molar-refractivity contribution in [3.8, 4) is 5.75 Å². The largest absolute Gasteiger partial charge is 0.507 e. The summed E-state index contributed by atoms with van der Waals surface area (Å²) in [6.45, 7) is 0. The molecule has 0 saturated carbocycles. The second kappa shape index (κ2) is 3.98. The smallest absolute Gasteiger partial charge is 0.339 e. The van der Waals surface area contributed by atoms with Gasteiger partial charge in [-0.3, -0.25) is 0 Å². The lowest BCUT2D eigenvalue weighted by atomic mass is 10.2. The Morgan fingerprint density at radius 2 is 1.82 bits per heavy atom. The van der Waals surface area contributed by atoms with Crippen molar-refractivity contribution >= 4 is 23.0 Å². The number of phenols is 1. The molecular weight excluding hydrogens is 212 g/mol. The van der Waals surface area contributed by atoms with Gasteiger partial charge in [0.25, 0.3) is 0 Å². The predicted molar refractivity (Wildman–Crippen MR) is 45.4 cm³/mol. The van der Waals surface area contributed by atoms with E-state index in [2.05, 4.69) is 0 Å². The molecular formula is C7H7BrO3. The molecule has 0 heterocycles. The maximum atomic E-state index is 10.3. The van der Waals surface area contributed by atoms with E-state index in [1.54, 1.807) is 12.1 Å². The molecule has 0 aliphatic heterocycles. The first-order valence-electron chi connectivity index (χ1n) is 2.73. The van der Waals surface area contributed by atoms with Crippen LogP contribution in [0.4, 0.5) is 0 Å². The molecule has 0 amide bonds. The molecule has 0 aliphatic rings. The van der Waals surface area contributed by atoms with Gasteiger partial charge in [0.2, 0.25) is 0 Å². The van der Waals surface area contributed by atoms with E-state index < -0.39 is 5.97 Å². The first-order chi connectivity index (χ1) is 4.72. The molecule has 3 nitrogen and oxygen atoms in total. The number of aromatic hydroxyl groups is 1. The highest BCUT2D eigenvalue weighted by Gasteiger charge is 2.05. The summed E-state index contributed by atoms with van der Waals surface area (Å²) in [4.78, 5) is 10.3. The Hall–Kier alpha value is -1.03. The highest BCUT2D eigenvalue weighted by molar-refractivity contribution is 8.93. The molecule has 4 heteroatoms. The molecule has 11 heavy (non-hydrogen) atoms. The van der Waals surface area contributed by atoms with Crippen LogP contribution in [0.5, 0.6) is 5.75 Å². The fourth-order valence-electron chi connectivity index (χ4n) is 0.654. The van der Waals surface area contributed by atoms with E-state index in [9.17, 15) is 4.79 Å². The summed E-state index contributed by atoms with van der Waals surface area (Å²) in [5, 5.41) is 17.3. The quantitative estimate of drug-likeness (QED) is 0.755. The third-order valence-corrected chi connectivity index (χ3v) is 1.13. The number of halogens is 1. The number of hydrogen-bond donors (Lipinski definition) is 2. The van der Waals surface area contributed by atoms with Crippen LogP contribution >= 0.6 is 17.0 Å². The monoisotopic (exact) mass is 218 g/mol. The van der Waals surface area contributed by atoms with Gasteiger partial charge >= 0.3 is 5.97 Å². The highest BCUT2D eigenvalue weighted by Crippen LogP contribution is 2.14. The molecule has 0 aliphatic carbocycles. The SMILES string of the molecule is Br.O=C(O)c1ccccc1O. The molecule has 0 spiro atoms. The van der Waals surface area contributed by atoms with Gasteiger partial charge in [0.15, 0.2) is 0 Å². The van der Waals surface area contributed by atoms with Gasteiger partial charge in [0.05, 0.1) is 0 Å². The normalized spacial score (nSPS) is 8.36. The van der Waals surface area contributed by atoms with Gasteiger partial charge in [-0.05, 0) is 12.1 Å². The van der Waals surface area contributed by atoms with Crippen molar-refractivity contribution in [3.63, 3.8) is 0 Å². The van der Waals surface area contributed by atoms with Crippen molar-refractivity contribution < 1.29 is 15.0 Å². The van der Waals surface area contributed by atoms with Crippen LogP contribution < -0.4 is 0 Å². The lowest BCUT2D eigenvalue weighted by molar-refractivity contribution is 0.0694. The standard InChI is InChI=1S/C7H6O3.BrH/c8-6-4-2-1-3-5(6)7(9)10;/h1-4,8H,(H,9,10);1H. The molecule has 0 aromatic heterocycles. The fourth-order valence-corrected chi connectivity index (χ4v) is 0.654. The Labute approximate surface area is 74.1 Å². The lowest BCUT2D eigenvalue weighted by Crippen LogP contribution is -1.95. The topological polar surface area (TPSA) is 57.5 Å². The van der Waals surface area contributed by atoms with Crippen molar-refractivity contribution in [2.75, 3.05) is 0 Å². The third kappa shape index (κ3) is 2.23. The van der Waals surface area contributed by atoms with Crippen LogP contribution in [-0.4, -0.2) is 16.2 Å². The maximum absolute atomic E-state index is 10.3. The van der Waals surface area contributed by atoms with Crippen LogP contribution in [0.2, 0.25) is 0 Å². The van der Waals surface area contributed by atoms with E-state index in [0.717, 1.165) is 0 Å². The van der Waals surface area contributed by atoms with Crippen molar-refractivity contribution in [1.29, 1.82) is 0 Å². The third-order valence-electron chi connectivity index (χ3n) is 1.13. The number of para-hydroxylation sites is 1. The first kappa shape index (κ1) is 9.97. The number of carboxylic acids is 1. The minimum atomic E-state index is -1.11. The minimum Gasteiger partial charge on any atom is -0.507 e. The zero-order valence-corrected chi connectivity index (χ0v) is 7.23. The van der Waals surface area contributed by atoms with E-state index in [-0.39, 0.29) is 28.3 Å². The molecule has 1 aromatic rings. The molecule has 60 valence electrons. The zero-order valence-electron chi connectivity index (χ0n) is 5.52. The Bertz CT molecular complexity index is 260. The Kier molecular flexibility index (Phi) is 3.60. The summed E-state index contributed by atoms with van der Waals surface area (Å²) in [6, 6.07) is 5.81. The van der Waals surface area contributed by atoms with E-state index in [4.69, 9.17) is 10.2 Å². The Balaban J connectivity index is 0.000001000. The molecule has 0 atom stereocenters. The number of benzene rings is 1. The van der Waals surface area contributed by atoms with Gasteiger partial charge in [-0.2, -0.15) is 0 Å².